The Balaban J connectivity index is 1.08. The highest BCUT2D eigenvalue weighted by Gasteiger charge is 2.19. The molecule has 0 fully saturated rings. The third-order valence-corrected chi connectivity index (χ3v) is 12.9. The van der Waals surface area contributed by atoms with E-state index in [1.54, 1.807) is 11.3 Å². The van der Waals surface area contributed by atoms with Crippen molar-refractivity contribution in [2.24, 2.45) is 0 Å². The van der Waals surface area contributed by atoms with Gasteiger partial charge in [-0.05, 0) is 69.8 Å². The Morgan fingerprint density at radius 1 is 0.286 bits per heavy atom. The molecule has 0 N–H and O–H groups in total. The molecule has 56 heavy (non-hydrogen) atoms. The molecular weight excluding hydrogens is 719 g/mol. The molecule has 8 aromatic carbocycles. The van der Waals surface area contributed by atoms with Crippen LogP contribution in [-0.4, -0.2) is 15.0 Å². The highest BCUT2D eigenvalue weighted by atomic mass is 32.1. The molecule has 11 aromatic rings. The molecule has 0 aliphatic heterocycles. The Bertz CT molecular complexity index is 3270. The Labute approximate surface area is 331 Å². The van der Waals surface area contributed by atoms with Crippen molar-refractivity contribution in [3.05, 3.63) is 188 Å². The van der Waals surface area contributed by atoms with E-state index in [-0.39, 0.29) is 0 Å². The highest BCUT2D eigenvalue weighted by molar-refractivity contribution is 7.26. The summed E-state index contributed by atoms with van der Waals surface area (Å²) in [5.74, 6) is 1.94. The second kappa shape index (κ2) is 13.5. The number of hydrogen-bond donors (Lipinski definition) is 0. The second-order valence-electron chi connectivity index (χ2n) is 13.9. The van der Waals surface area contributed by atoms with Gasteiger partial charge in [0, 0.05) is 57.0 Å². The lowest BCUT2D eigenvalue weighted by Crippen LogP contribution is -2.01. The van der Waals surface area contributed by atoms with Gasteiger partial charge in [0.15, 0.2) is 17.5 Å². The maximum atomic E-state index is 5.26. The van der Waals surface area contributed by atoms with E-state index in [0.29, 0.717) is 17.5 Å². The minimum Gasteiger partial charge on any atom is -0.208 e. The first kappa shape index (κ1) is 32.6. The third kappa shape index (κ3) is 5.60. The quantitative estimate of drug-likeness (QED) is 0.170. The van der Waals surface area contributed by atoms with Crippen LogP contribution in [0.3, 0.4) is 0 Å². The minimum atomic E-state index is 0.637. The van der Waals surface area contributed by atoms with Crippen molar-refractivity contribution in [3.8, 4) is 67.5 Å². The number of fused-ring (bicyclic) bond motifs is 6. The number of hydrogen-bond acceptors (Lipinski definition) is 5. The fourth-order valence-electron chi connectivity index (χ4n) is 7.94. The summed E-state index contributed by atoms with van der Waals surface area (Å²) in [7, 11) is 0. The zero-order chi connectivity index (χ0) is 37.0. The van der Waals surface area contributed by atoms with Gasteiger partial charge in [-0.15, -0.1) is 22.7 Å². The Kier molecular flexibility index (Phi) is 7.87. The fourth-order valence-corrected chi connectivity index (χ4v) is 10.3. The summed E-state index contributed by atoms with van der Waals surface area (Å²) < 4.78 is 5.03. The summed E-state index contributed by atoms with van der Waals surface area (Å²) in [5, 5.41) is 5.08. The van der Waals surface area contributed by atoms with Gasteiger partial charge >= 0.3 is 0 Å². The van der Waals surface area contributed by atoms with Crippen LogP contribution in [0.2, 0.25) is 0 Å². The molecule has 0 bridgehead atoms. The first-order valence-electron chi connectivity index (χ1n) is 18.7. The fraction of sp³-hybridized carbons (Fsp3) is 0. The molecule has 3 heterocycles. The minimum absolute atomic E-state index is 0.637. The Hall–Kier alpha value is -6.79. The monoisotopic (exact) mass is 749 g/mol. The van der Waals surface area contributed by atoms with E-state index < -0.39 is 0 Å². The third-order valence-electron chi connectivity index (χ3n) is 10.6. The van der Waals surface area contributed by atoms with Crippen molar-refractivity contribution in [2.75, 3.05) is 0 Å². The summed E-state index contributed by atoms with van der Waals surface area (Å²) in [6, 6.07) is 66.8. The molecule has 0 radical (unpaired) electrons. The molecule has 0 saturated heterocycles. The molecular formula is C51H31N3S2. The molecule has 0 aliphatic carbocycles. The Morgan fingerprint density at radius 2 is 0.786 bits per heavy atom. The first-order valence-corrected chi connectivity index (χ1v) is 20.3. The molecule has 0 amide bonds. The predicted octanol–water partition coefficient (Wildman–Crippen LogP) is 14.6. The maximum absolute atomic E-state index is 5.26. The molecule has 0 unspecified atom stereocenters. The van der Waals surface area contributed by atoms with E-state index in [1.165, 1.54) is 51.5 Å². The lowest BCUT2D eigenvalue weighted by molar-refractivity contribution is 1.08. The van der Waals surface area contributed by atoms with Crippen molar-refractivity contribution >= 4 is 63.0 Å². The molecule has 0 spiro atoms. The molecule has 262 valence electrons. The van der Waals surface area contributed by atoms with Gasteiger partial charge in [-0.1, -0.05) is 152 Å². The van der Waals surface area contributed by atoms with Gasteiger partial charge in [0.2, 0.25) is 0 Å². The van der Waals surface area contributed by atoms with Crippen LogP contribution >= 0.6 is 22.7 Å². The lowest BCUT2D eigenvalue weighted by atomic mass is 9.95. The second-order valence-corrected chi connectivity index (χ2v) is 16.1. The average Bonchev–Trinajstić information content (AvgIpc) is 3.85. The number of aromatic nitrogens is 3. The van der Waals surface area contributed by atoms with E-state index >= 15 is 0 Å². The largest absolute Gasteiger partial charge is 0.208 e. The van der Waals surface area contributed by atoms with Crippen LogP contribution in [0.1, 0.15) is 0 Å². The van der Waals surface area contributed by atoms with Gasteiger partial charge in [-0.25, -0.2) is 15.0 Å². The van der Waals surface area contributed by atoms with E-state index in [0.717, 1.165) is 38.9 Å². The van der Waals surface area contributed by atoms with Gasteiger partial charge in [0.25, 0.3) is 0 Å². The van der Waals surface area contributed by atoms with Crippen LogP contribution in [0.5, 0.6) is 0 Å². The van der Waals surface area contributed by atoms with Crippen molar-refractivity contribution in [2.45, 2.75) is 0 Å². The lowest BCUT2D eigenvalue weighted by Gasteiger charge is -2.13. The van der Waals surface area contributed by atoms with Gasteiger partial charge in [-0.2, -0.15) is 0 Å². The predicted molar refractivity (Wildman–Crippen MR) is 238 cm³/mol. The first-order chi connectivity index (χ1) is 27.7. The molecule has 0 atom stereocenters. The number of nitrogens with zero attached hydrogens (tertiary/aromatic N) is 3. The van der Waals surface area contributed by atoms with Gasteiger partial charge in [0.05, 0.1) is 0 Å². The molecule has 3 nitrogen and oxygen atoms in total. The normalized spacial score (nSPS) is 11.6. The topological polar surface area (TPSA) is 38.7 Å². The van der Waals surface area contributed by atoms with Crippen LogP contribution in [0, 0.1) is 0 Å². The number of benzene rings is 8. The maximum Gasteiger partial charge on any atom is 0.165 e. The standard InChI is InChI=1S/C51H31N3S2/c1-2-14-32(15-3-1)37-20-4-5-22-41(37)50-52-49(53-51(54-50)43-26-12-25-40-39-21-6-8-27-44(39)56-48(40)43)36-19-11-17-34(31-36)33-16-10-18-35(30-33)38-24-13-29-46-47(38)42-23-7-9-28-45(42)55-46/h1-31H. The smallest absolute Gasteiger partial charge is 0.165 e. The van der Waals surface area contributed by atoms with E-state index in [1.807, 2.05) is 17.4 Å². The molecule has 3 aromatic heterocycles. The summed E-state index contributed by atoms with van der Waals surface area (Å²) in [5.41, 5.74) is 9.78. The van der Waals surface area contributed by atoms with Gasteiger partial charge in [-0.3, -0.25) is 0 Å². The number of rotatable bonds is 6. The average molecular weight is 750 g/mol. The summed E-state index contributed by atoms with van der Waals surface area (Å²) in [6.07, 6.45) is 0. The molecule has 5 heteroatoms. The zero-order valence-electron chi connectivity index (χ0n) is 30.1. The van der Waals surface area contributed by atoms with Crippen molar-refractivity contribution in [3.63, 3.8) is 0 Å². The van der Waals surface area contributed by atoms with Crippen LogP contribution in [0.25, 0.3) is 108 Å². The van der Waals surface area contributed by atoms with Crippen LogP contribution in [0.15, 0.2) is 188 Å². The van der Waals surface area contributed by atoms with Gasteiger partial charge < -0.3 is 0 Å². The summed E-state index contributed by atoms with van der Waals surface area (Å²) in [6.45, 7) is 0. The molecule has 0 saturated carbocycles. The van der Waals surface area contributed by atoms with E-state index in [4.69, 9.17) is 15.0 Å². The zero-order valence-corrected chi connectivity index (χ0v) is 31.7. The van der Waals surface area contributed by atoms with Crippen molar-refractivity contribution in [1.82, 2.24) is 15.0 Å². The van der Waals surface area contributed by atoms with Crippen LogP contribution in [0.4, 0.5) is 0 Å². The van der Waals surface area contributed by atoms with E-state index in [2.05, 4.69) is 182 Å². The van der Waals surface area contributed by atoms with Crippen LogP contribution in [-0.2, 0) is 0 Å². The van der Waals surface area contributed by atoms with Crippen molar-refractivity contribution in [1.29, 1.82) is 0 Å². The summed E-state index contributed by atoms with van der Waals surface area (Å²) >= 11 is 3.64. The molecule has 0 aliphatic rings. The Morgan fingerprint density at radius 3 is 1.61 bits per heavy atom. The molecule has 11 rings (SSSR count). The number of thiophene rings is 2. The SMILES string of the molecule is c1ccc(-c2ccccc2-c2nc(-c3cccc(-c4cccc(-c5cccc6sc7ccccc7c56)c4)c3)nc(-c3cccc4c3sc3ccccc34)n2)cc1. The van der Waals surface area contributed by atoms with Gasteiger partial charge in [0.1, 0.15) is 0 Å². The van der Waals surface area contributed by atoms with Crippen molar-refractivity contribution < 1.29 is 0 Å². The summed E-state index contributed by atoms with van der Waals surface area (Å²) in [4.78, 5) is 15.8. The van der Waals surface area contributed by atoms with E-state index in [9.17, 15) is 0 Å². The highest BCUT2D eigenvalue weighted by Crippen LogP contribution is 2.42. The van der Waals surface area contributed by atoms with Crippen LogP contribution < -0.4 is 0 Å².